The van der Waals surface area contributed by atoms with Gasteiger partial charge in [-0.3, -0.25) is 4.79 Å². The molecule has 4 nitrogen and oxygen atoms in total. The van der Waals surface area contributed by atoms with Crippen LogP contribution in [0.1, 0.15) is 61.8 Å². The van der Waals surface area contributed by atoms with E-state index in [0.29, 0.717) is 10.9 Å². The molecular formula is C14H22BrN3OS. The van der Waals surface area contributed by atoms with Crippen LogP contribution < -0.4 is 0 Å². The molecule has 1 saturated carbocycles. The number of hydrogen-bond acceptors (Lipinski definition) is 4. The van der Waals surface area contributed by atoms with Crippen molar-refractivity contribution < 1.29 is 4.79 Å². The molecule has 1 aliphatic carbocycles. The minimum absolute atomic E-state index is 0.108. The number of nitrogens with zero attached hydrogens (tertiary/aromatic N) is 3. The summed E-state index contributed by atoms with van der Waals surface area (Å²) in [7, 11) is 0. The van der Waals surface area contributed by atoms with Gasteiger partial charge in [0.15, 0.2) is 0 Å². The summed E-state index contributed by atoms with van der Waals surface area (Å²) in [5.74, 6) is 0.108. The predicted octanol–water partition coefficient (Wildman–Crippen LogP) is 3.62. The van der Waals surface area contributed by atoms with Gasteiger partial charge in [-0.2, -0.15) is 0 Å². The summed E-state index contributed by atoms with van der Waals surface area (Å²) in [6.07, 6.45) is 4.69. The molecule has 112 valence electrons. The highest BCUT2D eigenvalue weighted by molar-refractivity contribution is 9.09. The van der Waals surface area contributed by atoms with Crippen LogP contribution in [-0.2, 0) is 5.41 Å². The van der Waals surface area contributed by atoms with Crippen LogP contribution in [0.2, 0.25) is 0 Å². The summed E-state index contributed by atoms with van der Waals surface area (Å²) < 4.78 is 4.01. The predicted molar refractivity (Wildman–Crippen MR) is 85.7 cm³/mol. The number of hydrogen-bond donors (Lipinski definition) is 0. The zero-order valence-corrected chi connectivity index (χ0v) is 14.8. The van der Waals surface area contributed by atoms with Crippen molar-refractivity contribution in [2.45, 2.75) is 57.9 Å². The van der Waals surface area contributed by atoms with Crippen molar-refractivity contribution in [3.8, 4) is 0 Å². The van der Waals surface area contributed by atoms with Gasteiger partial charge in [-0.1, -0.05) is 54.0 Å². The molecule has 0 N–H and O–H groups in total. The molecule has 0 bridgehead atoms. The topological polar surface area (TPSA) is 46.1 Å². The lowest BCUT2D eigenvalue weighted by Gasteiger charge is -2.29. The maximum absolute atomic E-state index is 12.9. The molecule has 1 aromatic heterocycles. The maximum Gasteiger partial charge on any atom is 0.267 e. The van der Waals surface area contributed by atoms with Gasteiger partial charge >= 0.3 is 0 Å². The zero-order valence-electron chi connectivity index (χ0n) is 12.4. The van der Waals surface area contributed by atoms with Gasteiger partial charge in [-0.15, -0.1) is 5.10 Å². The van der Waals surface area contributed by atoms with E-state index in [4.69, 9.17) is 0 Å². The van der Waals surface area contributed by atoms with Gasteiger partial charge in [0.2, 0.25) is 0 Å². The molecule has 0 atom stereocenters. The normalized spacial score (nSPS) is 16.6. The Hall–Kier alpha value is -0.490. The minimum atomic E-state index is -0.145. The van der Waals surface area contributed by atoms with Gasteiger partial charge in [0.1, 0.15) is 4.88 Å². The molecule has 0 aliphatic heterocycles. The first-order chi connectivity index (χ1) is 9.45. The average molecular weight is 360 g/mol. The summed E-state index contributed by atoms with van der Waals surface area (Å²) in [5, 5.41) is 5.00. The van der Waals surface area contributed by atoms with Gasteiger partial charge in [0, 0.05) is 23.3 Å². The Morgan fingerprint density at radius 2 is 2.05 bits per heavy atom. The molecule has 2 rings (SSSR count). The van der Waals surface area contributed by atoms with E-state index in [1.54, 1.807) is 0 Å². The highest BCUT2D eigenvalue weighted by Crippen LogP contribution is 2.30. The summed E-state index contributed by atoms with van der Waals surface area (Å²) in [5.41, 5.74) is 0.679. The monoisotopic (exact) mass is 359 g/mol. The molecule has 0 aromatic carbocycles. The Kier molecular flexibility index (Phi) is 5.18. The Labute approximate surface area is 133 Å². The second kappa shape index (κ2) is 6.52. The van der Waals surface area contributed by atoms with Gasteiger partial charge in [-0.05, 0) is 24.4 Å². The molecule has 6 heteroatoms. The first kappa shape index (κ1) is 15.9. The second-order valence-electron chi connectivity index (χ2n) is 6.33. The molecule has 0 saturated heterocycles. The Balaban J connectivity index is 2.25. The van der Waals surface area contributed by atoms with Crippen LogP contribution >= 0.6 is 27.5 Å². The number of rotatable bonds is 4. The van der Waals surface area contributed by atoms with Crippen molar-refractivity contribution in [2.75, 3.05) is 11.9 Å². The molecule has 0 spiro atoms. The van der Waals surface area contributed by atoms with E-state index in [1.807, 2.05) is 4.90 Å². The molecular weight excluding hydrogens is 338 g/mol. The third-order valence-corrected chi connectivity index (χ3v) is 4.81. The lowest BCUT2D eigenvalue weighted by molar-refractivity contribution is 0.0698. The van der Waals surface area contributed by atoms with Crippen molar-refractivity contribution in [2.24, 2.45) is 0 Å². The van der Waals surface area contributed by atoms with E-state index < -0.39 is 0 Å². The Morgan fingerprint density at radius 1 is 1.40 bits per heavy atom. The van der Waals surface area contributed by atoms with Crippen LogP contribution in [0.15, 0.2) is 0 Å². The SMILES string of the molecule is CC(C)(C)c1nnsc1C(=O)N(CCBr)C1CCCC1. The van der Waals surface area contributed by atoms with Gasteiger partial charge in [-0.25, -0.2) is 0 Å². The van der Waals surface area contributed by atoms with Gasteiger partial charge in [0.05, 0.1) is 5.69 Å². The Morgan fingerprint density at radius 3 is 2.60 bits per heavy atom. The summed E-state index contributed by atoms with van der Waals surface area (Å²) in [6.45, 7) is 6.98. The van der Waals surface area contributed by atoms with Crippen LogP contribution in [0.4, 0.5) is 0 Å². The van der Waals surface area contributed by atoms with E-state index in [-0.39, 0.29) is 11.3 Å². The molecule has 0 unspecified atom stereocenters. The largest absolute Gasteiger partial charge is 0.334 e. The number of carbonyl (C=O) groups excluding carboxylic acids is 1. The van der Waals surface area contributed by atoms with E-state index in [0.717, 1.165) is 30.4 Å². The number of carbonyl (C=O) groups is 1. The number of alkyl halides is 1. The molecule has 20 heavy (non-hydrogen) atoms. The van der Waals surface area contributed by atoms with Crippen molar-refractivity contribution in [3.63, 3.8) is 0 Å². The molecule has 1 heterocycles. The molecule has 0 radical (unpaired) electrons. The van der Waals surface area contributed by atoms with Gasteiger partial charge < -0.3 is 4.90 Å². The quantitative estimate of drug-likeness (QED) is 0.771. The van der Waals surface area contributed by atoms with Gasteiger partial charge in [0.25, 0.3) is 5.91 Å². The lowest BCUT2D eigenvalue weighted by atomic mass is 9.91. The third-order valence-electron chi connectivity index (χ3n) is 3.74. The molecule has 1 fully saturated rings. The fourth-order valence-electron chi connectivity index (χ4n) is 2.71. The van der Waals surface area contributed by atoms with E-state index in [2.05, 4.69) is 46.3 Å². The van der Waals surface area contributed by atoms with Crippen molar-refractivity contribution >= 4 is 33.4 Å². The fraction of sp³-hybridized carbons (Fsp3) is 0.786. The minimum Gasteiger partial charge on any atom is -0.334 e. The molecule has 1 aromatic rings. The van der Waals surface area contributed by atoms with E-state index >= 15 is 0 Å². The van der Waals surface area contributed by atoms with Crippen molar-refractivity contribution in [1.82, 2.24) is 14.5 Å². The summed E-state index contributed by atoms with van der Waals surface area (Å²) in [4.78, 5) is 15.6. The highest BCUT2D eigenvalue weighted by atomic mass is 79.9. The van der Waals surface area contributed by atoms with E-state index in [9.17, 15) is 4.79 Å². The van der Waals surface area contributed by atoms with Crippen LogP contribution in [0.5, 0.6) is 0 Å². The maximum atomic E-state index is 12.9. The second-order valence-corrected chi connectivity index (χ2v) is 7.87. The first-order valence-corrected chi connectivity index (χ1v) is 9.04. The number of halogens is 1. The van der Waals surface area contributed by atoms with Crippen LogP contribution in [0, 0.1) is 0 Å². The smallest absolute Gasteiger partial charge is 0.267 e. The first-order valence-electron chi connectivity index (χ1n) is 7.15. The number of amides is 1. The summed E-state index contributed by atoms with van der Waals surface area (Å²) >= 11 is 4.69. The van der Waals surface area contributed by atoms with Crippen molar-refractivity contribution in [3.05, 3.63) is 10.6 Å². The van der Waals surface area contributed by atoms with Crippen LogP contribution in [-0.4, -0.2) is 38.3 Å². The fourth-order valence-corrected chi connectivity index (χ4v) is 3.92. The molecule has 1 aliphatic rings. The Bertz CT molecular complexity index is 463. The van der Waals surface area contributed by atoms with Crippen molar-refractivity contribution in [1.29, 1.82) is 0 Å². The highest BCUT2D eigenvalue weighted by Gasteiger charge is 2.32. The average Bonchev–Trinajstić information content (AvgIpc) is 3.04. The van der Waals surface area contributed by atoms with Crippen LogP contribution in [0.3, 0.4) is 0 Å². The summed E-state index contributed by atoms with van der Waals surface area (Å²) in [6, 6.07) is 0.384. The number of aromatic nitrogens is 2. The molecule has 1 amide bonds. The van der Waals surface area contributed by atoms with E-state index in [1.165, 1.54) is 24.4 Å². The zero-order chi connectivity index (χ0) is 14.8. The van der Waals surface area contributed by atoms with Crippen LogP contribution in [0.25, 0.3) is 0 Å². The third kappa shape index (κ3) is 3.39. The standard InChI is InChI=1S/C14H22BrN3OS/c1-14(2,3)12-11(20-17-16-12)13(19)18(9-8-15)10-6-4-5-7-10/h10H,4-9H2,1-3H3. The lowest BCUT2D eigenvalue weighted by Crippen LogP contribution is -2.40.